The lowest BCUT2D eigenvalue weighted by molar-refractivity contribution is -0.137. The van der Waals surface area contributed by atoms with Crippen molar-refractivity contribution in [1.29, 1.82) is 0 Å². The molecule has 5 rings (SSSR count). The first-order valence-corrected chi connectivity index (χ1v) is 13.2. The Bertz CT molecular complexity index is 1070. The van der Waals surface area contributed by atoms with E-state index in [1.165, 1.54) is 17.8 Å². The summed E-state index contributed by atoms with van der Waals surface area (Å²) in [5, 5.41) is 0. The second-order valence-electron chi connectivity index (χ2n) is 9.31. The van der Waals surface area contributed by atoms with Crippen LogP contribution in [0.2, 0.25) is 0 Å². The minimum atomic E-state index is -4.40. The monoisotopic (exact) mass is 521 g/mol. The molecule has 6 nitrogen and oxygen atoms in total. The van der Waals surface area contributed by atoms with E-state index < -0.39 is 11.7 Å². The maximum Gasteiger partial charge on any atom is 0.416 e. The number of nitrogens with zero attached hydrogens (tertiary/aromatic N) is 3. The standard InChI is InChI=1S/C26H30F3N3O3S/c27-26(28,29)19-5-8-23-22(16-19)32(10-3-9-30-11-13-31(18-33)14-12-30)21-7-6-20(17-24(21)36-23)35-25-4-1-2-15-34-25/h5-8,16-18,25H,1-4,9-15H2. The first-order valence-electron chi connectivity index (χ1n) is 12.4. The van der Waals surface area contributed by atoms with Gasteiger partial charge in [-0.2, -0.15) is 13.2 Å². The molecule has 0 N–H and O–H groups in total. The molecule has 2 fully saturated rings. The maximum absolute atomic E-state index is 13.5. The fraction of sp³-hybridized carbons (Fsp3) is 0.500. The van der Waals surface area contributed by atoms with E-state index in [0.29, 0.717) is 37.7 Å². The molecule has 194 valence electrons. The van der Waals surface area contributed by atoms with Crippen LogP contribution in [0.25, 0.3) is 0 Å². The second-order valence-corrected chi connectivity index (χ2v) is 10.4. The van der Waals surface area contributed by atoms with Crippen LogP contribution in [0, 0.1) is 0 Å². The van der Waals surface area contributed by atoms with E-state index in [0.717, 1.165) is 73.3 Å². The van der Waals surface area contributed by atoms with E-state index in [1.54, 1.807) is 11.0 Å². The molecule has 3 heterocycles. The summed E-state index contributed by atoms with van der Waals surface area (Å²) in [6.07, 6.45) is -0.0391. The Morgan fingerprint density at radius 3 is 2.56 bits per heavy atom. The number of hydrogen-bond acceptors (Lipinski definition) is 6. The maximum atomic E-state index is 13.5. The van der Waals surface area contributed by atoms with E-state index in [1.807, 2.05) is 23.1 Å². The molecule has 10 heteroatoms. The van der Waals surface area contributed by atoms with Gasteiger partial charge in [-0.25, -0.2) is 0 Å². The van der Waals surface area contributed by atoms with Crippen LogP contribution in [-0.2, 0) is 15.7 Å². The minimum absolute atomic E-state index is 0.261. The number of benzene rings is 2. The number of amides is 1. The predicted molar refractivity (Wildman–Crippen MR) is 132 cm³/mol. The molecule has 2 aromatic rings. The van der Waals surface area contributed by atoms with Gasteiger partial charge in [0, 0.05) is 48.9 Å². The number of fused-ring (bicyclic) bond motifs is 2. The summed E-state index contributed by atoms with van der Waals surface area (Å²) in [6, 6.07) is 9.75. The van der Waals surface area contributed by atoms with E-state index in [9.17, 15) is 18.0 Å². The smallest absolute Gasteiger partial charge is 0.416 e. The first-order chi connectivity index (χ1) is 17.4. The Labute approximate surface area is 213 Å². The van der Waals surface area contributed by atoms with E-state index in [2.05, 4.69) is 4.90 Å². The number of piperazine rings is 1. The van der Waals surface area contributed by atoms with E-state index in [4.69, 9.17) is 9.47 Å². The van der Waals surface area contributed by atoms with Crippen LogP contribution >= 0.6 is 11.8 Å². The summed E-state index contributed by atoms with van der Waals surface area (Å²) in [5.41, 5.74) is 0.821. The molecule has 0 aromatic heterocycles. The highest BCUT2D eigenvalue weighted by Gasteiger charge is 2.33. The Morgan fingerprint density at radius 1 is 1.00 bits per heavy atom. The molecular formula is C26H30F3N3O3S. The molecule has 2 saturated heterocycles. The molecule has 1 unspecified atom stereocenters. The highest BCUT2D eigenvalue weighted by atomic mass is 32.2. The topological polar surface area (TPSA) is 45.3 Å². The van der Waals surface area contributed by atoms with Crippen molar-refractivity contribution in [3.63, 3.8) is 0 Å². The molecule has 3 aliphatic rings. The van der Waals surface area contributed by atoms with Gasteiger partial charge < -0.3 is 19.3 Å². The zero-order valence-corrected chi connectivity index (χ0v) is 20.8. The Hall–Kier alpha value is -2.43. The summed E-state index contributed by atoms with van der Waals surface area (Å²) < 4.78 is 52.3. The van der Waals surface area contributed by atoms with Crippen LogP contribution in [0.1, 0.15) is 31.2 Å². The summed E-state index contributed by atoms with van der Waals surface area (Å²) in [5.74, 6) is 0.705. The third kappa shape index (κ3) is 5.76. The summed E-state index contributed by atoms with van der Waals surface area (Å²) in [6.45, 7) is 5.13. The lowest BCUT2D eigenvalue weighted by Gasteiger charge is -2.35. The fourth-order valence-electron chi connectivity index (χ4n) is 4.85. The number of rotatable bonds is 7. The number of carbonyl (C=O) groups is 1. The highest BCUT2D eigenvalue weighted by Crippen LogP contribution is 2.50. The normalized spacial score (nSPS) is 20.6. The molecule has 1 atom stereocenters. The van der Waals surface area contributed by atoms with Gasteiger partial charge in [-0.3, -0.25) is 9.69 Å². The lowest BCUT2D eigenvalue weighted by Crippen LogP contribution is -2.46. The van der Waals surface area contributed by atoms with Gasteiger partial charge in [0.05, 0.1) is 23.5 Å². The van der Waals surface area contributed by atoms with Gasteiger partial charge in [-0.1, -0.05) is 11.8 Å². The number of ether oxygens (including phenoxy) is 2. The number of halogens is 3. The minimum Gasteiger partial charge on any atom is -0.465 e. The van der Waals surface area contributed by atoms with Gasteiger partial charge in [0.15, 0.2) is 6.29 Å². The summed E-state index contributed by atoms with van der Waals surface area (Å²) in [7, 11) is 0. The van der Waals surface area contributed by atoms with Crippen molar-refractivity contribution in [2.45, 2.75) is 47.9 Å². The molecule has 0 aliphatic carbocycles. The molecule has 36 heavy (non-hydrogen) atoms. The van der Waals surface area contributed by atoms with Crippen LogP contribution in [0.15, 0.2) is 46.2 Å². The molecular weight excluding hydrogens is 491 g/mol. The van der Waals surface area contributed by atoms with Crippen molar-refractivity contribution >= 4 is 29.5 Å². The molecule has 0 spiro atoms. The van der Waals surface area contributed by atoms with E-state index >= 15 is 0 Å². The quantitative estimate of drug-likeness (QED) is 0.456. The third-order valence-corrected chi connectivity index (χ3v) is 7.95. The average molecular weight is 522 g/mol. The van der Waals surface area contributed by atoms with Crippen LogP contribution < -0.4 is 9.64 Å². The van der Waals surface area contributed by atoms with Crippen LogP contribution in [0.3, 0.4) is 0 Å². The van der Waals surface area contributed by atoms with Crippen LogP contribution in [0.4, 0.5) is 24.5 Å². The van der Waals surface area contributed by atoms with Crippen molar-refractivity contribution in [3.8, 4) is 5.75 Å². The van der Waals surface area contributed by atoms with Gasteiger partial charge in [0.25, 0.3) is 0 Å². The number of alkyl halides is 3. The summed E-state index contributed by atoms with van der Waals surface area (Å²) >= 11 is 1.47. The van der Waals surface area contributed by atoms with Gasteiger partial charge in [-0.15, -0.1) is 0 Å². The van der Waals surface area contributed by atoms with Gasteiger partial charge in [0.1, 0.15) is 5.75 Å². The van der Waals surface area contributed by atoms with Gasteiger partial charge in [-0.05, 0) is 62.2 Å². The predicted octanol–water partition coefficient (Wildman–Crippen LogP) is 5.38. The molecule has 0 bridgehead atoms. The van der Waals surface area contributed by atoms with Crippen LogP contribution in [-0.4, -0.2) is 68.4 Å². The molecule has 3 aliphatic heterocycles. The van der Waals surface area contributed by atoms with Crippen LogP contribution in [0.5, 0.6) is 5.75 Å². The second kappa shape index (κ2) is 10.9. The van der Waals surface area contributed by atoms with Gasteiger partial charge >= 0.3 is 6.18 Å². The largest absolute Gasteiger partial charge is 0.465 e. The molecule has 2 aromatic carbocycles. The number of carbonyl (C=O) groups excluding carboxylic acids is 1. The molecule has 0 radical (unpaired) electrons. The SMILES string of the molecule is O=CN1CCN(CCCN2c3ccc(OC4CCCCO4)cc3Sc3ccc(C(F)(F)F)cc32)CC1. The van der Waals surface area contributed by atoms with Crippen molar-refractivity contribution < 1.29 is 27.4 Å². The van der Waals surface area contributed by atoms with Crippen molar-refractivity contribution in [2.24, 2.45) is 0 Å². The Balaban J connectivity index is 1.35. The van der Waals surface area contributed by atoms with Crippen molar-refractivity contribution in [3.05, 3.63) is 42.0 Å². The van der Waals surface area contributed by atoms with Crippen molar-refractivity contribution in [1.82, 2.24) is 9.80 Å². The summed E-state index contributed by atoms with van der Waals surface area (Å²) in [4.78, 5) is 18.8. The number of anilines is 2. The Kier molecular flexibility index (Phi) is 7.64. The van der Waals surface area contributed by atoms with E-state index in [-0.39, 0.29) is 6.29 Å². The highest BCUT2D eigenvalue weighted by molar-refractivity contribution is 7.99. The van der Waals surface area contributed by atoms with Gasteiger partial charge in [0.2, 0.25) is 6.41 Å². The number of hydrogen-bond donors (Lipinski definition) is 0. The lowest BCUT2D eigenvalue weighted by atomic mass is 10.1. The molecule has 1 amide bonds. The average Bonchev–Trinajstić information content (AvgIpc) is 2.88. The first kappa shape index (κ1) is 25.2. The molecule has 0 saturated carbocycles. The van der Waals surface area contributed by atoms with Crippen molar-refractivity contribution in [2.75, 3.05) is 50.8 Å². The third-order valence-electron chi connectivity index (χ3n) is 6.84. The fourth-order valence-corrected chi connectivity index (χ4v) is 5.96. The zero-order chi connectivity index (χ0) is 25.1. The Morgan fingerprint density at radius 2 is 1.83 bits per heavy atom. The zero-order valence-electron chi connectivity index (χ0n) is 20.0.